The van der Waals surface area contributed by atoms with Gasteiger partial charge < -0.3 is 10.4 Å². The second kappa shape index (κ2) is 11.3. The van der Waals surface area contributed by atoms with Gasteiger partial charge in [0.1, 0.15) is 5.54 Å². The van der Waals surface area contributed by atoms with Crippen LogP contribution in [-0.2, 0) is 4.79 Å². The second-order valence-corrected chi connectivity index (χ2v) is 5.82. The molecule has 0 aliphatic rings. The minimum Gasteiger partial charge on any atom is -0.480 e. The lowest BCUT2D eigenvalue weighted by molar-refractivity contribution is -0.144. The molecule has 0 spiro atoms. The van der Waals surface area contributed by atoms with Crippen LogP contribution in [0.4, 0.5) is 0 Å². The maximum atomic E-state index is 11.1. The van der Waals surface area contributed by atoms with Crippen LogP contribution in [0.3, 0.4) is 0 Å². The quantitative estimate of drug-likeness (QED) is 0.489. The Morgan fingerprint density at radius 3 is 1.74 bits per heavy atom. The maximum Gasteiger partial charge on any atom is 0.323 e. The van der Waals surface area contributed by atoms with Crippen LogP contribution in [0.5, 0.6) is 0 Å². The highest BCUT2D eigenvalue weighted by molar-refractivity contribution is 5.78. The van der Waals surface area contributed by atoms with Crippen molar-refractivity contribution in [2.75, 3.05) is 7.05 Å². The fourth-order valence-corrected chi connectivity index (χ4v) is 2.30. The molecular weight excluding hydrogens is 238 g/mol. The molecule has 0 saturated heterocycles. The lowest BCUT2D eigenvalue weighted by Gasteiger charge is -2.23. The summed E-state index contributed by atoms with van der Waals surface area (Å²) in [5, 5.41) is 12.0. The normalized spacial score (nSPS) is 14.3. The number of hydrogen-bond donors (Lipinski definition) is 2. The molecule has 0 heterocycles. The van der Waals surface area contributed by atoms with Crippen LogP contribution in [0.25, 0.3) is 0 Å². The summed E-state index contributed by atoms with van der Waals surface area (Å²) in [6.07, 6.45) is 13.6. The Hall–Kier alpha value is -0.570. The van der Waals surface area contributed by atoms with Gasteiger partial charge in [0.25, 0.3) is 0 Å². The molecular formula is C16H33NO2. The third kappa shape index (κ3) is 9.04. The first-order valence-corrected chi connectivity index (χ1v) is 7.99. The first-order chi connectivity index (χ1) is 9.06. The Morgan fingerprint density at radius 1 is 0.947 bits per heavy atom. The average molecular weight is 271 g/mol. The van der Waals surface area contributed by atoms with Crippen LogP contribution in [-0.4, -0.2) is 23.7 Å². The number of likely N-dealkylation sites (N-methyl/N-ethyl adjacent to an activating group) is 1. The summed E-state index contributed by atoms with van der Waals surface area (Å²) >= 11 is 0. The average Bonchev–Trinajstić information content (AvgIpc) is 2.40. The van der Waals surface area contributed by atoms with Crippen LogP contribution < -0.4 is 5.32 Å². The van der Waals surface area contributed by atoms with Gasteiger partial charge in [-0.05, 0) is 20.4 Å². The summed E-state index contributed by atoms with van der Waals surface area (Å²) in [4.78, 5) is 11.1. The predicted molar refractivity (Wildman–Crippen MR) is 81.6 cm³/mol. The molecule has 0 rings (SSSR count). The van der Waals surface area contributed by atoms with Gasteiger partial charge in [-0.15, -0.1) is 0 Å². The van der Waals surface area contributed by atoms with Crippen LogP contribution in [0.15, 0.2) is 0 Å². The molecule has 3 heteroatoms. The highest BCUT2D eigenvalue weighted by atomic mass is 16.4. The Labute approximate surface area is 119 Å². The lowest BCUT2D eigenvalue weighted by Crippen LogP contribution is -2.47. The van der Waals surface area contributed by atoms with E-state index in [4.69, 9.17) is 5.11 Å². The van der Waals surface area contributed by atoms with Crippen molar-refractivity contribution in [2.24, 2.45) is 0 Å². The highest BCUT2D eigenvalue weighted by Crippen LogP contribution is 2.16. The van der Waals surface area contributed by atoms with Gasteiger partial charge in [0.2, 0.25) is 0 Å². The molecule has 114 valence electrons. The number of carbonyl (C=O) groups is 1. The van der Waals surface area contributed by atoms with E-state index in [2.05, 4.69) is 12.2 Å². The Bertz CT molecular complexity index is 231. The van der Waals surface area contributed by atoms with Crippen LogP contribution in [0, 0.1) is 0 Å². The van der Waals surface area contributed by atoms with Gasteiger partial charge in [0, 0.05) is 0 Å². The maximum absolute atomic E-state index is 11.1. The number of rotatable bonds is 13. The van der Waals surface area contributed by atoms with Crippen LogP contribution >= 0.6 is 0 Å². The van der Waals surface area contributed by atoms with E-state index in [0.29, 0.717) is 0 Å². The van der Waals surface area contributed by atoms with Gasteiger partial charge in [-0.1, -0.05) is 71.1 Å². The fourth-order valence-electron chi connectivity index (χ4n) is 2.30. The molecule has 0 fully saturated rings. The molecule has 0 amide bonds. The van der Waals surface area contributed by atoms with E-state index in [1.54, 1.807) is 14.0 Å². The smallest absolute Gasteiger partial charge is 0.323 e. The van der Waals surface area contributed by atoms with Gasteiger partial charge >= 0.3 is 5.97 Å². The van der Waals surface area contributed by atoms with Crippen molar-refractivity contribution < 1.29 is 9.90 Å². The van der Waals surface area contributed by atoms with Crippen molar-refractivity contribution in [3.63, 3.8) is 0 Å². The van der Waals surface area contributed by atoms with E-state index >= 15 is 0 Å². The first kappa shape index (κ1) is 18.4. The Morgan fingerprint density at radius 2 is 1.37 bits per heavy atom. The molecule has 3 nitrogen and oxygen atoms in total. The Balaban J connectivity index is 3.38. The van der Waals surface area contributed by atoms with Crippen molar-refractivity contribution in [2.45, 2.75) is 90.0 Å². The summed E-state index contributed by atoms with van der Waals surface area (Å²) in [6, 6.07) is 0. The molecule has 2 N–H and O–H groups in total. The number of carboxylic acids is 1. The standard InChI is InChI=1S/C16H33NO2/c1-4-5-6-7-8-9-10-11-12-13-14-16(2,17-3)15(18)19/h17H,4-14H2,1-3H3,(H,18,19). The lowest BCUT2D eigenvalue weighted by atomic mass is 9.94. The number of unbranched alkanes of at least 4 members (excludes halogenated alkanes) is 9. The third-order valence-corrected chi connectivity index (χ3v) is 4.05. The van der Waals surface area contributed by atoms with E-state index in [9.17, 15) is 4.79 Å². The van der Waals surface area contributed by atoms with Crippen LogP contribution in [0.1, 0.15) is 84.5 Å². The van der Waals surface area contributed by atoms with Gasteiger partial charge in [0.05, 0.1) is 0 Å². The van der Waals surface area contributed by atoms with Crippen molar-refractivity contribution >= 4 is 5.97 Å². The van der Waals surface area contributed by atoms with E-state index in [0.717, 1.165) is 19.3 Å². The van der Waals surface area contributed by atoms with Crippen molar-refractivity contribution in [3.8, 4) is 0 Å². The molecule has 0 aromatic carbocycles. The van der Waals surface area contributed by atoms with Gasteiger partial charge in [-0.3, -0.25) is 4.79 Å². The molecule has 0 aromatic heterocycles. The molecule has 0 saturated carbocycles. The van der Waals surface area contributed by atoms with E-state index in [1.807, 2.05) is 0 Å². The predicted octanol–water partition coefficient (Wildman–Crippen LogP) is 4.36. The fraction of sp³-hybridized carbons (Fsp3) is 0.938. The largest absolute Gasteiger partial charge is 0.480 e. The van der Waals surface area contributed by atoms with Crippen molar-refractivity contribution in [1.82, 2.24) is 5.32 Å². The van der Waals surface area contributed by atoms with Gasteiger partial charge in [-0.25, -0.2) is 0 Å². The molecule has 0 aliphatic heterocycles. The van der Waals surface area contributed by atoms with Gasteiger partial charge in [0.15, 0.2) is 0 Å². The summed E-state index contributed by atoms with van der Waals surface area (Å²) in [6.45, 7) is 4.01. The monoisotopic (exact) mass is 271 g/mol. The number of hydrogen-bond acceptors (Lipinski definition) is 2. The van der Waals surface area contributed by atoms with Crippen molar-refractivity contribution in [1.29, 1.82) is 0 Å². The molecule has 0 aromatic rings. The zero-order valence-electron chi connectivity index (χ0n) is 13.1. The molecule has 0 bridgehead atoms. The summed E-state index contributed by atoms with van der Waals surface area (Å²) < 4.78 is 0. The molecule has 1 atom stereocenters. The zero-order chi connectivity index (χ0) is 14.6. The number of aliphatic carboxylic acids is 1. The first-order valence-electron chi connectivity index (χ1n) is 7.99. The topological polar surface area (TPSA) is 49.3 Å². The Kier molecular flexibility index (Phi) is 10.9. The number of nitrogens with one attached hydrogen (secondary N) is 1. The van der Waals surface area contributed by atoms with Gasteiger partial charge in [-0.2, -0.15) is 0 Å². The zero-order valence-corrected chi connectivity index (χ0v) is 13.1. The minimum atomic E-state index is -0.750. The van der Waals surface area contributed by atoms with E-state index in [1.165, 1.54) is 51.4 Å². The summed E-state index contributed by atoms with van der Waals surface area (Å²) in [7, 11) is 1.73. The highest BCUT2D eigenvalue weighted by Gasteiger charge is 2.29. The van der Waals surface area contributed by atoms with Crippen molar-refractivity contribution in [3.05, 3.63) is 0 Å². The van der Waals surface area contributed by atoms with E-state index < -0.39 is 11.5 Å². The molecule has 0 aliphatic carbocycles. The summed E-state index contributed by atoms with van der Waals surface area (Å²) in [5.74, 6) is -0.745. The molecule has 0 radical (unpaired) electrons. The second-order valence-electron chi connectivity index (χ2n) is 5.82. The third-order valence-electron chi connectivity index (χ3n) is 4.05. The SMILES string of the molecule is CCCCCCCCCCCCC(C)(NC)C(=O)O. The summed E-state index contributed by atoms with van der Waals surface area (Å²) in [5.41, 5.74) is -0.750. The molecule has 19 heavy (non-hydrogen) atoms. The van der Waals surface area contributed by atoms with Crippen LogP contribution in [0.2, 0.25) is 0 Å². The minimum absolute atomic E-state index is 0.718. The van der Waals surface area contributed by atoms with E-state index in [-0.39, 0.29) is 0 Å². The molecule has 1 unspecified atom stereocenters. The number of carboxylic acid groups (broad SMARTS) is 1.